The molecule has 0 atom stereocenters. The molecule has 0 bridgehead atoms. The number of anilines is 1. The highest BCUT2D eigenvalue weighted by atomic mass is 19.4. The Morgan fingerprint density at radius 2 is 2.00 bits per heavy atom. The van der Waals surface area contributed by atoms with Crippen molar-refractivity contribution in [2.75, 3.05) is 5.32 Å². The molecule has 7 nitrogen and oxygen atoms in total. The summed E-state index contributed by atoms with van der Waals surface area (Å²) in [6.45, 7) is 2.29. The number of benzene rings is 1. The van der Waals surface area contributed by atoms with Gasteiger partial charge < -0.3 is 5.32 Å². The van der Waals surface area contributed by atoms with E-state index in [1.807, 2.05) is 0 Å². The highest BCUT2D eigenvalue weighted by Gasteiger charge is 2.35. The van der Waals surface area contributed by atoms with E-state index in [9.17, 15) is 28.1 Å². The topological polar surface area (TPSA) is 90.1 Å². The molecule has 1 heterocycles. The molecule has 0 spiro atoms. The van der Waals surface area contributed by atoms with Crippen molar-refractivity contribution in [3.05, 3.63) is 51.3 Å². The molecule has 0 saturated heterocycles. The number of amides is 1. The van der Waals surface area contributed by atoms with Crippen LogP contribution in [-0.2, 0) is 17.5 Å². The molecule has 1 aromatic carbocycles. The fourth-order valence-corrected chi connectivity index (χ4v) is 2.12. The first-order valence-corrected chi connectivity index (χ1v) is 6.74. The van der Waals surface area contributed by atoms with Gasteiger partial charge in [0.05, 0.1) is 10.6 Å². The van der Waals surface area contributed by atoms with E-state index in [0.29, 0.717) is 10.2 Å². The van der Waals surface area contributed by atoms with Crippen LogP contribution in [0.5, 0.6) is 0 Å². The van der Waals surface area contributed by atoms with Crippen LogP contribution in [0.15, 0.2) is 24.3 Å². The monoisotopic (exact) mass is 342 g/mol. The van der Waals surface area contributed by atoms with Gasteiger partial charge in [0.2, 0.25) is 5.91 Å². The van der Waals surface area contributed by atoms with Gasteiger partial charge in [-0.15, -0.1) is 0 Å². The SMILES string of the molecule is Cc1ccc(NC(=O)Cn2nc(C)cc2C(F)(F)F)c([N+](=O)[O-])c1. The number of hydrogen-bond acceptors (Lipinski definition) is 4. The predicted octanol–water partition coefficient (Wildman–Crippen LogP) is 3.07. The first-order valence-electron chi connectivity index (χ1n) is 6.74. The van der Waals surface area contributed by atoms with E-state index in [1.54, 1.807) is 13.0 Å². The molecule has 2 aromatic rings. The number of halogens is 3. The number of alkyl halides is 3. The third kappa shape index (κ3) is 3.89. The van der Waals surface area contributed by atoms with Crippen LogP contribution >= 0.6 is 0 Å². The molecule has 0 aliphatic heterocycles. The maximum Gasteiger partial charge on any atom is 0.433 e. The van der Waals surface area contributed by atoms with Gasteiger partial charge in [0.15, 0.2) is 0 Å². The molecule has 0 saturated carbocycles. The number of hydrogen-bond donors (Lipinski definition) is 1. The van der Waals surface area contributed by atoms with Crippen molar-refractivity contribution in [1.82, 2.24) is 9.78 Å². The molecular weight excluding hydrogens is 329 g/mol. The van der Waals surface area contributed by atoms with Crippen molar-refractivity contribution in [3.8, 4) is 0 Å². The van der Waals surface area contributed by atoms with Crippen molar-refractivity contribution in [2.45, 2.75) is 26.6 Å². The average molecular weight is 342 g/mol. The Labute approximate surface area is 134 Å². The second-order valence-corrected chi connectivity index (χ2v) is 5.15. The summed E-state index contributed by atoms with van der Waals surface area (Å²) < 4.78 is 39.1. The van der Waals surface area contributed by atoms with Gasteiger partial charge in [-0.2, -0.15) is 18.3 Å². The third-order valence-corrected chi connectivity index (χ3v) is 3.11. The zero-order chi connectivity index (χ0) is 18.1. The third-order valence-electron chi connectivity index (χ3n) is 3.11. The number of carbonyl (C=O) groups excluding carboxylic acids is 1. The lowest BCUT2D eigenvalue weighted by atomic mass is 10.2. The van der Waals surface area contributed by atoms with Crippen molar-refractivity contribution < 1.29 is 22.9 Å². The fourth-order valence-electron chi connectivity index (χ4n) is 2.12. The van der Waals surface area contributed by atoms with E-state index >= 15 is 0 Å². The Kier molecular flexibility index (Phi) is 4.58. The van der Waals surface area contributed by atoms with Gasteiger partial charge in [0.25, 0.3) is 5.69 Å². The first-order chi connectivity index (χ1) is 11.1. The van der Waals surface area contributed by atoms with Crippen LogP contribution in [0.1, 0.15) is 17.0 Å². The summed E-state index contributed by atoms with van der Waals surface area (Å²) in [5, 5.41) is 16.9. The van der Waals surface area contributed by atoms with Gasteiger partial charge >= 0.3 is 6.18 Å². The Hall–Kier alpha value is -2.91. The maximum atomic E-state index is 12.9. The van der Waals surface area contributed by atoms with Crippen LogP contribution in [0.3, 0.4) is 0 Å². The summed E-state index contributed by atoms with van der Waals surface area (Å²) in [7, 11) is 0. The normalized spacial score (nSPS) is 11.4. The summed E-state index contributed by atoms with van der Waals surface area (Å²) in [5.74, 6) is -0.851. The summed E-state index contributed by atoms with van der Waals surface area (Å²) in [6.07, 6.45) is -4.66. The zero-order valence-corrected chi connectivity index (χ0v) is 12.7. The summed E-state index contributed by atoms with van der Waals surface area (Å²) in [6, 6.07) is 4.95. The lowest BCUT2D eigenvalue weighted by Gasteiger charge is -2.11. The van der Waals surface area contributed by atoms with Crippen molar-refractivity contribution in [2.24, 2.45) is 0 Å². The molecule has 0 aliphatic carbocycles. The molecular formula is C14H13F3N4O3. The lowest BCUT2D eigenvalue weighted by Crippen LogP contribution is -2.24. The summed E-state index contributed by atoms with van der Waals surface area (Å²) >= 11 is 0. The van der Waals surface area contributed by atoms with Gasteiger partial charge in [-0.25, -0.2) is 0 Å². The minimum absolute atomic E-state index is 0.0898. The van der Waals surface area contributed by atoms with E-state index in [2.05, 4.69) is 10.4 Å². The number of carbonyl (C=O) groups is 1. The van der Waals surface area contributed by atoms with Crippen molar-refractivity contribution >= 4 is 17.3 Å². The Morgan fingerprint density at radius 1 is 1.33 bits per heavy atom. The van der Waals surface area contributed by atoms with E-state index in [-0.39, 0.29) is 17.1 Å². The molecule has 0 aliphatic rings. The average Bonchev–Trinajstić information content (AvgIpc) is 2.81. The second-order valence-electron chi connectivity index (χ2n) is 5.15. The van der Waals surface area contributed by atoms with Crippen molar-refractivity contribution in [1.29, 1.82) is 0 Å². The molecule has 2 rings (SSSR count). The molecule has 1 N–H and O–H groups in total. The van der Waals surface area contributed by atoms with Gasteiger partial charge in [-0.3, -0.25) is 19.6 Å². The number of aryl methyl sites for hydroxylation is 2. The number of rotatable bonds is 4. The number of nitro benzene ring substituents is 1. The molecule has 0 fully saturated rings. The minimum Gasteiger partial charge on any atom is -0.319 e. The number of nitro groups is 1. The van der Waals surface area contributed by atoms with Crippen LogP contribution in [0.25, 0.3) is 0 Å². The smallest absolute Gasteiger partial charge is 0.319 e. The maximum absolute atomic E-state index is 12.9. The van der Waals surface area contributed by atoms with Crippen LogP contribution in [-0.4, -0.2) is 20.6 Å². The largest absolute Gasteiger partial charge is 0.433 e. The molecule has 10 heteroatoms. The van der Waals surface area contributed by atoms with Crippen LogP contribution < -0.4 is 5.32 Å². The van der Waals surface area contributed by atoms with Gasteiger partial charge in [-0.1, -0.05) is 6.07 Å². The van der Waals surface area contributed by atoms with Crippen LogP contribution in [0.4, 0.5) is 24.5 Å². The lowest BCUT2D eigenvalue weighted by molar-refractivity contribution is -0.384. The van der Waals surface area contributed by atoms with E-state index < -0.39 is 29.2 Å². The van der Waals surface area contributed by atoms with E-state index in [0.717, 1.165) is 6.07 Å². The fraction of sp³-hybridized carbons (Fsp3) is 0.286. The molecule has 0 radical (unpaired) electrons. The predicted molar refractivity (Wildman–Crippen MR) is 78.4 cm³/mol. The second kappa shape index (κ2) is 6.30. The van der Waals surface area contributed by atoms with E-state index in [4.69, 9.17) is 0 Å². The Morgan fingerprint density at radius 3 is 2.58 bits per heavy atom. The van der Waals surface area contributed by atoms with Gasteiger partial charge in [-0.05, 0) is 31.5 Å². The summed E-state index contributed by atoms with van der Waals surface area (Å²) in [4.78, 5) is 22.3. The number of aromatic nitrogens is 2. The van der Waals surface area contributed by atoms with Gasteiger partial charge in [0.1, 0.15) is 17.9 Å². The standard InChI is InChI=1S/C14H13F3N4O3/c1-8-3-4-10(11(5-8)21(23)24)18-13(22)7-20-12(14(15,16)17)6-9(2)19-20/h3-6H,7H2,1-2H3,(H,18,22). The zero-order valence-electron chi connectivity index (χ0n) is 12.7. The quantitative estimate of drug-likeness (QED) is 0.683. The van der Waals surface area contributed by atoms with Crippen molar-refractivity contribution in [3.63, 3.8) is 0 Å². The molecule has 0 unspecified atom stereocenters. The molecule has 1 aromatic heterocycles. The Balaban J connectivity index is 2.23. The molecule has 128 valence electrons. The Bertz CT molecular complexity index is 799. The highest BCUT2D eigenvalue weighted by molar-refractivity contribution is 5.93. The van der Waals surface area contributed by atoms with Crippen LogP contribution in [0, 0.1) is 24.0 Å². The van der Waals surface area contributed by atoms with Gasteiger partial charge in [0, 0.05) is 6.07 Å². The summed E-state index contributed by atoms with van der Waals surface area (Å²) in [5.41, 5.74) is -0.768. The number of nitrogens with zero attached hydrogens (tertiary/aromatic N) is 3. The van der Waals surface area contributed by atoms with Crippen LogP contribution in [0.2, 0.25) is 0 Å². The number of nitrogens with one attached hydrogen (secondary N) is 1. The highest BCUT2D eigenvalue weighted by Crippen LogP contribution is 2.30. The van der Waals surface area contributed by atoms with E-state index in [1.165, 1.54) is 19.1 Å². The molecule has 24 heavy (non-hydrogen) atoms. The minimum atomic E-state index is -4.66. The molecule has 1 amide bonds. The first kappa shape index (κ1) is 17.4.